The predicted molar refractivity (Wildman–Crippen MR) is 85.7 cm³/mol. The van der Waals surface area contributed by atoms with Crippen LogP contribution in [-0.2, 0) is 0 Å². The van der Waals surface area contributed by atoms with Crippen molar-refractivity contribution in [2.75, 3.05) is 6.79 Å². The maximum atomic E-state index is 12.0. The van der Waals surface area contributed by atoms with Crippen molar-refractivity contribution >= 4 is 29.4 Å². The van der Waals surface area contributed by atoms with E-state index in [-0.39, 0.29) is 17.5 Å². The molecule has 0 spiro atoms. The summed E-state index contributed by atoms with van der Waals surface area (Å²) in [4.78, 5) is 22.2. The molecular formula is C15H10ClN3O5. The Balaban J connectivity index is 1.71. The largest absolute Gasteiger partial charge is 0.454 e. The van der Waals surface area contributed by atoms with Crippen LogP contribution in [0.5, 0.6) is 11.5 Å². The van der Waals surface area contributed by atoms with Gasteiger partial charge in [-0.2, -0.15) is 5.10 Å². The van der Waals surface area contributed by atoms with Gasteiger partial charge in [0.1, 0.15) is 0 Å². The molecule has 0 aromatic heterocycles. The normalized spacial score (nSPS) is 12.4. The Hall–Kier alpha value is -3.13. The van der Waals surface area contributed by atoms with E-state index in [1.807, 2.05) is 0 Å². The molecule has 0 atom stereocenters. The minimum absolute atomic E-state index is 0.115. The fourth-order valence-corrected chi connectivity index (χ4v) is 2.17. The lowest BCUT2D eigenvalue weighted by Crippen LogP contribution is -2.17. The third-order valence-electron chi connectivity index (χ3n) is 3.19. The number of rotatable bonds is 4. The van der Waals surface area contributed by atoms with E-state index in [1.54, 1.807) is 12.1 Å². The molecule has 2 aromatic carbocycles. The summed E-state index contributed by atoms with van der Waals surface area (Å²) in [7, 11) is 0. The number of hydrogen-bond acceptors (Lipinski definition) is 6. The first-order valence-corrected chi connectivity index (χ1v) is 7.09. The average molecular weight is 348 g/mol. The number of nitrogens with zero attached hydrogens (tertiary/aromatic N) is 2. The number of hydrazone groups is 1. The van der Waals surface area contributed by atoms with Crippen LogP contribution >= 0.6 is 11.6 Å². The number of non-ortho nitro benzene ring substituents is 1. The first kappa shape index (κ1) is 15.8. The number of ether oxygens (including phenoxy) is 2. The van der Waals surface area contributed by atoms with Crippen LogP contribution in [0.15, 0.2) is 41.5 Å². The van der Waals surface area contributed by atoms with Gasteiger partial charge in [-0.25, -0.2) is 5.43 Å². The van der Waals surface area contributed by atoms with Gasteiger partial charge in [-0.05, 0) is 24.3 Å². The molecule has 24 heavy (non-hydrogen) atoms. The van der Waals surface area contributed by atoms with Crippen molar-refractivity contribution in [3.63, 3.8) is 0 Å². The van der Waals surface area contributed by atoms with Crippen LogP contribution in [0.2, 0.25) is 5.02 Å². The molecule has 2 aromatic rings. The van der Waals surface area contributed by atoms with Crippen molar-refractivity contribution in [2.24, 2.45) is 5.10 Å². The monoisotopic (exact) mass is 347 g/mol. The fraction of sp³-hybridized carbons (Fsp3) is 0.0667. The Morgan fingerprint density at radius 2 is 2.04 bits per heavy atom. The van der Waals surface area contributed by atoms with Crippen molar-refractivity contribution in [1.29, 1.82) is 0 Å². The molecule has 9 heteroatoms. The summed E-state index contributed by atoms with van der Waals surface area (Å²) >= 11 is 5.94. The maximum Gasteiger partial charge on any atom is 0.271 e. The SMILES string of the molecule is O=C(N/N=C\c1cc([N+](=O)[O-])ccc1Cl)c1ccc2c(c1)OCO2. The molecule has 0 fully saturated rings. The second kappa shape index (κ2) is 6.55. The molecular weight excluding hydrogens is 338 g/mol. The van der Waals surface area contributed by atoms with Crippen LogP contribution in [0.4, 0.5) is 5.69 Å². The molecule has 1 aliphatic rings. The van der Waals surface area contributed by atoms with Gasteiger partial charge in [0.25, 0.3) is 11.6 Å². The average Bonchev–Trinajstić information content (AvgIpc) is 3.03. The van der Waals surface area contributed by atoms with E-state index in [0.717, 1.165) is 0 Å². The number of nitrogens with one attached hydrogen (secondary N) is 1. The molecule has 0 bridgehead atoms. The van der Waals surface area contributed by atoms with Crippen LogP contribution in [0.3, 0.4) is 0 Å². The van der Waals surface area contributed by atoms with Gasteiger partial charge in [-0.1, -0.05) is 11.6 Å². The highest BCUT2D eigenvalue weighted by Crippen LogP contribution is 2.32. The number of carbonyl (C=O) groups excluding carboxylic acids is 1. The lowest BCUT2D eigenvalue weighted by Gasteiger charge is -2.02. The molecule has 3 rings (SSSR count). The highest BCUT2D eigenvalue weighted by molar-refractivity contribution is 6.33. The Kier molecular flexibility index (Phi) is 4.30. The molecule has 0 unspecified atom stereocenters. The summed E-state index contributed by atoms with van der Waals surface area (Å²) < 4.78 is 10.4. The smallest absolute Gasteiger partial charge is 0.271 e. The van der Waals surface area contributed by atoms with Crippen molar-refractivity contribution < 1.29 is 19.2 Å². The molecule has 0 saturated heterocycles. The number of fused-ring (bicyclic) bond motifs is 1. The molecule has 0 aliphatic carbocycles. The number of nitro benzene ring substituents is 1. The van der Waals surface area contributed by atoms with E-state index in [2.05, 4.69) is 10.5 Å². The summed E-state index contributed by atoms with van der Waals surface area (Å²) in [6.07, 6.45) is 1.24. The molecule has 1 aliphatic heterocycles. The molecule has 1 N–H and O–H groups in total. The van der Waals surface area contributed by atoms with Crippen LogP contribution < -0.4 is 14.9 Å². The molecule has 0 radical (unpaired) electrons. The Bertz CT molecular complexity index is 853. The van der Waals surface area contributed by atoms with E-state index in [0.29, 0.717) is 22.6 Å². The van der Waals surface area contributed by atoms with Crippen molar-refractivity contribution in [3.05, 3.63) is 62.7 Å². The highest BCUT2D eigenvalue weighted by atomic mass is 35.5. The minimum Gasteiger partial charge on any atom is -0.454 e. The Labute approximate surface area is 140 Å². The summed E-state index contributed by atoms with van der Waals surface area (Å²) in [6, 6.07) is 8.66. The molecule has 0 saturated carbocycles. The number of amides is 1. The molecule has 1 heterocycles. The summed E-state index contributed by atoms with van der Waals surface area (Å²) in [6.45, 7) is 0.115. The zero-order chi connectivity index (χ0) is 17.1. The van der Waals surface area contributed by atoms with E-state index in [9.17, 15) is 14.9 Å². The van der Waals surface area contributed by atoms with Crippen molar-refractivity contribution in [1.82, 2.24) is 5.43 Å². The van der Waals surface area contributed by atoms with Crippen LogP contribution in [0.1, 0.15) is 15.9 Å². The van der Waals surface area contributed by atoms with Crippen LogP contribution in [0.25, 0.3) is 0 Å². The van der Waals surface area contributed by atoms with Gasteiger partial charge in [-0.15, -0.1) is 0 Å². The molecule has 8 nitrogen and oxygen atoms in total. The van der Waals surface area contributed by atoms with Gasteiger partial charge < -0.3 is 9.47 Å². The summed E-state index contributed by atoms with van der Waals surface area (Å²) in [5, 5.41) is 14.8. The van der Waals surface area contributed by atoms with Gasteiger partial charge >= 0.3 is 0 Å². The van der Waals surface area contributed by atoms with Crippen molar-refractivity contribution in [3.8, 4) is 11.5 Å². The third-order valence-corrected chi connectivity index (χ3v) is 3.54. The molecule has 1 amide bonds. The van der Waals surface area contributed by atoms with Gasteiger partial charge in [-0.3, -0.25) is 14.9 Å². The van der Waals surface area contributed by atoms with Gasteiger partial charge in [0.15, 0.2) is 11.5 Å². The standard InChI is InChI=1S/C15H10ClN3O5/c16-12-3-2-11(19(21)22)5-10(12)7-17-18-15(20)9-1-4-13-14(6-9)24-8-23-13/h1-7H,8H2,(H,18,20)/b17-7-. The lowest BCUT2D eigenvalue weighted by atomic mass is 10.2. The van der Waals surface area contributed by atoms with Crippen LogP contribution in [0, 0.1) is 10.1 Å². The van der Waals surface area contributed by atoms with E-state index < -0.39 is 10.8 Å². The topological polar surface area (TPSA) is 103 Å². The zero-order valence-electron chi connectivity index (χ0n) is 12.1. The Morgan fingerprint density at radius 1 is 1.25 bits per heavy atom. The van der Waals surface area contributed by atoms with E-state index in [1.165, 1.54) is 30.5 Å². The number of benzene rings is 2. The van der Waals surface area contributed by atoms with Gasteiger partial charge in [0.2, 0.25) is 6.79 Å². The summed E-state index contributed by atoms with van der Waals surface area (Å²) in [5.41, 5.74) is 2.85. The minimum atomic E-state index is -0.543. The number of halogens is 1. The quantitative estimate of drug-likeness (QED) is 0.520. The second-order valence-electron chi connectivity index (χ2n) is 4.73. The zero-order valence-corrected chi connectivity index (χ0v) is 12.8. The third kappa shape index (κ3) is 3.28. The summed E-state index contributed by atoms with van der Waals surface area (Å²) in [5.74, 6) is 0.581. The maximum absolute atomic E-state index is 12.0. The highest BCUT2D eigenvalue weighted by Gasteiger charge is 2.16. The van der Waals surface area contributed by atoms with Gasteiger partial charge in [0.05, 0.1) is 11.1 Å². The predicted octanol–water partition coefficient (Wildman–Crippen LogP) is 2.74. The van der Waals surface area contributed by atoms with E-state index >= 15 is 0 Å². The number of nitro groups is 1. The fourth-order valence-electron chi connectivity index (χ4n) is 2.01. The van der Waals surface area contributed by atoms with Crippen molar-refractivity contribution in [2.45, 2.75) is 0 Å². The molecule has 122 valence electrons. The van der Waals surface area contributed by atoms with E-state index in [4.69, 9.17) is 21.1 Å². The first-order chi connectivity index (χ1) is 11.5. The lowest BCUT2D eigenvalue weighted by molar-refractivity contribution is -0.384. The number of carbonyl (C=O) groups is 1. The van der Waals surface area contributed by atoms with Crippen LogP contribution in [-0.4, -0.2) is 23.8 Å². The second-order valence-corrected chi connectivity index (χ2v) is 5.14. The first-order valence-electron chi connectivity index (χ1n) is 6.71. The Morgan fingerprint density at radius 3 is 2.83 bits per heavy atom. The van der Waals surface area contributed by atoms with Gasteiger partial charge in [0, 0.05) is 28.3 Å². The number of hydrogen-bond donors (Lipinski definition) is 1.